The average Bonchev–Trinajstić information content (AvgIpc) is 3.02. The summed E-state index contributed by atoms with van der Waals surface area (Å²) in [6.07, 6.45) is 4.01. The molecule has 2 heterocycles. The lowest BCUT2D eigenvalue weighted by atomic mass is 9.95. The largest absolute Gasteiger partial charge is 0.373 e. The summed E-state index contributed by atoms with van der Waals surface area (Å²) in [5.74, 6) is 0.0954. The molecule has 0 spiro atoms. The molecule has 1 saturated heterocycles. The highest BCUT2D eigenvalue weighted by Gasteiger charge is 2.29. The van der Waals surface area contributed by atoms with E-state index in [1.54, 1.807) is 12.3 Å². The number of hydrogen-bond acceptors (Lipinski definition) is 3. The van der Waals surface area contributed by atoms with Crippen molar-refractivity contribution in [3.63, 3.8) is 0 Å². The van der Waals surface area contributed by atoms with Crippen LogP contribution in [0.5, 0.6) is 0 Å². The number of hydrogen-bond donors (Lipinski definition) is 1. The lowest BCUT2D eigenvalue weighted by Crippen LogP contribution is -2.30. The van der Waals surface area contributed by atoms with Gasteiger partial charge in [0.2, 0.25) is 0 Å². The highest BCUT2D eigenvalue weighted by molar-refractivity contribution is 6.33. The van der Waals surface area contributed by atoms with Crippen LogP contribution in [-0.4, -0.2) is 24.0 Å². The second-order valence-electron chi connectivity index (χ2n) is 5.32. The Balaban J connectivity index is 1.64. The molecule has 0 aliphatic carbocycles. The Kier molecular flexibility index (Phi) is 4.71. The Hall–Kier alpha value is -1.91. The van der Waals surface area contributed by atoms with Gasteiger partial charge in [-0.1, -0.05) is 41.9 Å². The summed E-state index contributed by atoms with van der Waals surface area (Å²) in [6, 6.07) is 11.7. The molecule has 1 aromatic carbocycles. The summed E-state index contributed by atoms with van der Waals surface area (Å²) in [5, 5.41) is 3.31. The number of ether oxygens (including phenoxy) is 1. The first-order chi connectivity index (χ1) is 10.8. The molecule has 2 atom stereocenters. The van der Waals surface area contributed by atoms with Crippen molar-refractivity contribution in [3.05, 3.63) is 64.9 Å². The first kappa shape index (κ1) is 15.0. The van der Waals surface area contributed by atoms with E-state index in [2.05, 4.69) is 22.4 Å². The van der Waals surface area contributed by atoms with E-state index in [1.165, 1.54) is 6.20 Å². The van der Waals surface area contributed by atoms with E-state index < -0.39 is 0 Å². The van der Waals surface area contributed by atoms with E-state index in [9.17, 15) is 4.79 Å². The first-order valence-corrected chi connectivity index (χ1v) is 7.68. The van der Waals surface area contributed by atoms with Crippen LogP contribution in [-0.2, 0) is 4.74 Å². The summed E-state index contributed by atoms with van der Waals surface area (Å²) in [5.41, 5.74) is 1.60. The van der Waals surface area contributed by atoms with Crippen LogP contribution in [0.2, 0.25) is 5.02 Å². The van der Waals surface area contributed by atoms with Gasteiger partial charge in [0, 0.05) is 31.5 Å². The first-order valence-electron chi connectivity index (χ1n) is 7.30. The Morgan fingerprint density at radius 2 is 2.14 bits per heavy atom. The molecule has 2 aromatic rings. The molecule has 1 N–H and O–H groups in total. The Labute approximate surface area is 134 Å². The van der Waals surface area contributed by atoms with E-state index in [1.807, 2.05) is 18.2 Å². The molecule has 1 aliphatic heterocycles. The van der Waals surface area contributed by atoms with Gasteiger partial charge in [-0.3, -0.25) is 9.78 Å². The minimum absolute atomic E-state index is 0.0365. The van der Waals surface area contributed by atoms with Crippen LogP contribution >= 0.6 is 11.6 Å². The molecule has 5 heteroatoms. The van der Waals surface area contributed by atoms with Gasteiger partial charge in [-0.05, 0) is 18.1 Å². The van der Waals surface area contributed by atoms with Crippen molar-refractivity contribution in [1.82, 2.24) is 10.3 Å². The third kappa shape index (κ3) is 3.29. The molecular weight excluding hydrogens is 300 g/mol. The van der Waals surface area contributed by atoms with E-state index in [-0.39, 0.29) is 17.9 Å². The molecule has 1 aliphatic rings. The molecular formula is C17H17ClN2O2. The van der Waals surface area contributed by atoms with Crippen molar-refractivity contribution < 1.29 is 9.53 Å². The fraction of sp³-hybridized carbons (Fsp3) is 0.294. The maximum atomic E-state index is 12.2. The van der Waals surface area contributed by atoms with Crippen LogP contribution in [0.1, 0.15) is 28.4 Å². The number of benzene rings is 1. The number of amides is 1. The van der Waals surface area contributed by atoms with Gasteiger partial charge >= 0.3 is 0 Å². The summed E-state index contributed by atoms with van der Waals surface area (Å²) in [6.45, 7) is 1.28. The summed E-state index contributed by atoms with van der Waals surface area (Å²) in [4.78, 5) is 16.1. The van der Waals surface area contributed by atoms with Crippen molar-refractivity contribution in [1.29, 1.82) is 0 Å². The van der Waals surface area contributed by atoms with Gasteiger partial charge in [-0.15, -0.1) is 0 Å². The van der Waals surface area contributed by atoms with Crippen molar-refractivity contribution in [2.45, 2.75) is 12.5 Å². The highest BCUT2D eigenvalue weighted by atomic mass is 35.5. The lowest BCUT2D eigenvalue weighted by molar-refractivity contribution is 0.0846. The Morgan fingerprint density at radius 1 is 1.32 bits per heavy atom. The molecule has 114 valence electrons. The summed E-state index contributed by atoms with van der Waals surface area (Å²) >= 11 is 5.99. The second-order valence-corrected chi connectivity index (χ2v) is 5.72. The van der Waals surface area contributed by atoms with Crippen molar-refractivity contribution in [3.8, 4) is 0 Å². The quantitative estimate of drug-likeness (QED) is 0.942. The highest BCUT2D eigenvalue weighted by Crippen LogP contribution is 2.33. The molecule has 1 fully saturated rings. The average molecular weight is 317 g/mol. The molecule has 0 saturated carbocycles. The van der Waals surface area contributed by atoms with E-state index >= 15 is 0 Å². The van der Waals surface area contributed by atoms with Crippen LogP contribution < -0.4 is 5.32 Å². The summed E-state index contributed by atoms with van der Waals surface area (Å²) < 4.78 is 5.83. The third-order valence-electron chi connectivity index (χ3n) is 3.88. The van der Waals surface area contributed by atoms with E-state index in [0.717, 1.165) is 18.6 Å². The van der Waals surface area contributed by atoms with Gasteiger partial charge in [0.25, 0.3) is 5.91 Å². The molecule has 3 rings (SSSR count). The standard InChI is InChI=1S/C17H17ClN2O2/c18-15-11-19-8-6-14(15)17(21)20-10-13-7-9-22-16(13)12-4-2-1-3-5-12/h1-6,8,11,13,16H,7,9-10H2,(H,20,21)/t13-,16-/m0/s1. The maximum absolute atomic E-state index is 12.2. The lowest BCUT2D eigenvalue weighted by Gasteiger charge is -2.19. The van der Waals surface area contributed by atoms with Gasteiger partial charge in [0.15, 0.2) is 0 Å². The predicted molar refractivity (Wildman–Crippen MR) is 84.8 cm³/mol. The smallest absolute Gasteiger partial charge is 0.252 e. The van der Waals surface area contributed by atoms with Crippen molar-refractivity contribution in [2.24, 2.45) is 5.92 Å². The Morgan fingerprint density at radius 3 is 2.91 bits per heavy atom. The molecule has 0 unspecified atom stereocenters. The molecule has 1 amide bonds. The monoisotopic (exact) mass is 316 g/mol. The fourth-order valence-corrected chi connectivity index (χ4v) is 2.94. The van der Waals surface area contributed by atoms with Crippen molar-refractivity contribution in [2.75, 3.05) is 13.2 Å². The molecule has 0 radical (unpaired) electrons. The van der Waals surface area contributed by atoms with Crippen LogP contribution in [0.3, 0.4) is 0 Å². The zero-order valence-electron chi connectivity index (χ0n) is 12.0. The minimum Gasteiger partial charge on any atom is -0.373 e. The minimum atomic E-state index is -0.175. The molecule has 0 bridgehead atoms. The number of carbonyl (C=O) groups is 1. The third-order valence-corrected chi connectivity index (χ3v) is 4.19. The molecule has 1 aromatic heterocycles. The topological polar surface area (TPSA) is 51.2 Å². The molecule has 4 nitrogen and oxygen atoms in total. The van der Waals surface area contributed by atoms with Crippen LogP contribution in [0, 0.1) is 5.92 Å². The number of carbonyl (C=O) groups excluding carboxylic acids is 1. The van der Waals surface area contributed by atoms with Gasteiger partial charge < -0.3 is 10.1 Å². The van der Waals surface area contributed by atoms with Gasteiger partial charge in [-0.2, -0.15) is 0 Å². The number of aromatic nitrogens is 1. The van der Waals surface area contributed by atoms with Crippen molar-refractivity contribution >= 4 is 17.5 Å². The number of halogens is 1. The van der Waals surface area contributed by atoms with Crippen LogP contribution in [0.25, 0.3) is 0 Å². The Bertz CT molecular complexity index is 648. The second kappa shape index (κ2) is 6.90. The zero-order valence-corrected chi connectivity index (χ0v) is 12.8. The van der Waals surface area contributed by atoms with Crippen LogP contribution in [0.15, 0.2) is 48.8 Å². The van der Waals surface area contributed by atoms with Gasteiger partial charge in [0.05, 0.1) is 16.7 Å². The zero-order chi connectivity index (χ0) is 15.4. The van der Waals surface area contributed by atoms with Crippen LogP contribution in [0.4, 0.5) is 0 Å². The number of nitrogens with one attached hydrogen (secondary N) is 1. The van der Waals surface area contributed by atoms with Gasteiger partial charge in [0.1, 0.15) is 0 Å². The maximum Gasteiger partial charge on any atom is 0.252 e. The van der Waals surface area contributed by atoms with E-state index in [4.69, 9.17) is 16.3 Å². The van der Waals surface area contributed by atoms with Gasteiger partial charge in [-0.25, -0.2) is 0 Å². The predicted octanol–water partition coefficient (Wildman–Crippen LogP) is 3.24. The normalized spacial score (nSPS) is 20.8. The number of nitrogens with zero attached hydrogens (tertiary/aromatic N) is 1. The summed E-state index contributed by atoms with van der Waals surface area (Å²) in [7, 11) is 0. The SMILES string of the molecule is O=C(NC[C@@H]1CCO[C@H]1c1ccccc1)c1ccncc1Cl. The number of rotatable bonds is 4. The fourth-order valence-electron chi connectivity index (χ4n) is 2.73. The van der Waals surface area contributed by atoms with E-state index in [0.29, 0.717) is 17.1 Å². The number of pyridine rings is 1. The molecule has 22 heavy (non-hydrogen) atoms.